The lowest BCUT2D eigenvalue weighted by molar-refractivity contribution is -0.401. The maximum absolute atomic E-state index is 14.0. The van der Waals surface area contributed by atoms with Gasteiger partial charge in [-0.25, -0.2) is 45.5 Å². The fraction of sp³-hybridized carbons (Fsp3) is 0.860. The summed E-state index contributed by atoms with van der Waals surface area (Å²) in [4.78, 5) is 68.5. The van der Waals surface area contributed by atoms with E-state index < -0.39 is 220 Å². The highest BCUT2D eigenvalue weighted by Gasteiger charge is 2.84. The third-order valence-electron chi connectivity index (χ3n) is 9.71. The van der Waals surface area contributed by atoms with Gasteiger partial charge in [0.05, 0.1) is 50.7 Å². The predicted octanol–water partition coefficient (Wildman–Crippen LogP) is 14.8. The molecular weight excluding hydrogens is 1450 g/mol. The first-order chi connectivity index (χ1) is 40.4. The summed E-state index contributed by atoms with van der Waals surface area (Å²) in [5.74, 6) is -86.4. The van der Waals surface area contributed by atoms with Gasteiger partial charge in [-0.2, -0.15) is 119 Å². The molecule has 50 heteroatoms. The van der Waals surface area contributed by atoms with Gasteiger partial charge < -0.3 is 44.9 Å². The lowest BCUT2D eigenvalue weighted by Gasteiger charge is -2.35. The second-order valence-electron chi connectivity index (χ2n) is 20.2. The largest absolute Gasteiger partial charge is 0.481 e. The Hall–Kier alpha value is -5.35. The van der Waals surface area contributed by atoms with Gasteiger partial charge in [-0.15, -0.1) is 23.2 Å². The number of aliphatic carboxylic acids is 2. The molecule has 0 spiro atoms. The van der Waals surface area contributed by atoms with E-state index in [-0.39, 0.29) is 5.34 Å². The van der Waals surface area contributed by atoms with Gasteiger partial charge in [-0.1, -0.05) is 0 Å². The van der Waals surface area contributed by atoms with E-state index in [1.54, 1.807) is 20.8 Å². The van der Waals surface area contributed by atoms with Crippen LogP contribution in [0.4, 0.5) is 154 Å². The molecule has 5 N–H and O–H groups in total. The van der Waals surface area contributed by atoms with E-state index in [2.05, 4.69) is 14.2 Å². The highest BCUT2D eigenvalue weighted by molar-refractivity contribution is 6.40. The number of carboxylic acids is 2. The van der Waals surface area contributed by atoms with Crippen molar-refractivity contribution in [1.82, 2.24) is 10.6 Å². The number of aliphatic hydroxyl groups is 1. The van der Waals surface area contributed by atoms with Crippen molar-refractivity contribution in [2.75, 3.05) is 25.2 Å². The highest BCUT2D eigenvalue weighted by Crippen LogP contribution is 2.58. The fourth-order valence-corrected chi connectivity index (χ4v) is 5.37. The van der Waals surface area contributed by atoms with Gasteiger partial charge >= 0.3 is 108 Å². The number of alkyl carbamates (subject to hydrolysis) is 2. The van der Waals surface area contributed by atoms with Crippen LogP contribution in [0.1, 0.15) is 92.9 Å². The predicted molar refractivity (Wildman–Crippen MR) is 242 cm³/mol. The number of halogens is 35. The number of hydrogen-bond acceptors (Lipinski definition) is 11. The van der Waals surface area contributed by atoms with Crippen molar-refractivity contribution in [3.8, 4) is 0 Å². The van der Waals surface area contributed by atoms with Crippen molar-refractivity contribution >= 4 is 59.3 Å². The van der Waals surface area contributed by atoms with Crippen LogP contribution in [0.3, 0.4) is 0 Å². The monoisotopic (exact) mass is 1500 g/mol. The third-order valence-corrected chi connectivity index (χ3v) is 9.71. The molecule has 0 heterocycles. The Bertz CT molecular complexity index is 2410. The molecule has 2 amide bonds. The smallest absolute Gasteiger partial charge is 0.460 e. The van der Waals surface area contributed by atoms with Crippen molar-refractivity contribution in [3.05, 3.63) is 0 Å². The maximum Gasteiger partial charge on any atom is 0.460 e. The number of hydrogen-bond donors (Lipinski definition) is 5. The van der Waals surface area contributed by atoms with E-state index in [1.807, 2.05) is 5.32 Å². The minimum Gasteiger partial charge on any atom is -0.481 e. The number of carboxylic acid groups (broad SMARTS) is 2. The number of alkyl halides is 35. The van der Waals surface area contributed by atoms with Gasteiger partial charge in [-0.3, -0.25) is 9.59 Å². The summed E-state index contributed by atoms with van der Waals surface area (Å²) < 4.78 is 442. The van der Waals surface area contributed by atoms with Gasteiger partial charge in [0.15, 0.2) is 0 Å². The van der Waals surface area contributed by atoms with Gasteiger partial charge in [0.1, 0.15) is 23.3 Å². The molecule has 0 aromatic carbocycles. The number of ether oxygens (including phenoxy) is 4. The SMILES string of the molecule is CC(C)(C)OC(=O)NC(CC(=O)O)C(=O)O.CC(C)(C)OC(=O)NC(CC(=O)OCCC(F)(F)CC(F)(F)C(F)(F)C(F)(F)C(F)(F)F)C(=O)OCCC(F)(F)CC(F)(F)C(F)(F)C(F)(F)C(F)(F)F.ClCCl.OCCC(F)(F)CC(F)(F)C(F)(F)C(F)(F)C(F)(F)F. The summed E-state index contributed by atoms with van der Waals surface area (Å²) in [5.41, 5.74) is -2.21. The zero-order valence-corrected chi connectivity index (χ0v) is 48.3. The molecule has 0 rings (SSSR count). The second-order valence-corrected chi connectivity index (χ2v) is 21.0. The highest BCUT2D eigenvalue weighted by atomic mass is 35.5. The summed E-state index contributed by atoms with van der Waals surface area (Å²) in [6.45, 7) is 3.08. The molecular formula is C43H49Cl2F33N2O13. The molecule has 93 heavy (non-hydrogen) atoms. The van der Waals surface area contributed by atoms with Gasteiger partial charge in [0.2, 0.25) is 0 Å². The van der Waals surface area contributed by atoms with Crippen LogP contribution in [0.25, 0.3) is 0 Å². The number of aliphatic hydroxyl groups excluding tert-OH is 1. The van der Waals surface area contributed by atoms with Crippen LogP contribution in [0.15, 0.2) is 0 Å². The van der Waals surface area contributed by atoms with Crippen LogP contribution < -0.4 is 10.6 Å². The van der Waals surface area contributed by atoms with Crippen molar-refractivity contribution in [3.63, 3.8) is 0 Å². The molecule has 0 aliphatic carbocycles. The lowest BCUT2D eigenvalue weighted by atomic mass is 9.97. The van der Waals surface area contributed by atoms with Gasteiger partial charge in [-0.05, 0) is 41.5 Å². The lowest BCUT2D eigenvalue weighted by Crippen LogP contribution is -2.61. The molecule has 0 aromatic rings. The van der Waals surface area contributed by atoms with Crippen LogP contribution in [0.2, 0.25) is 0 Å². The van der Waals surface area contributed by atoms with Gasteiger partial charge in [0, 0.05) is 25.9 Å². The molecule has 0 radical (unpaired) electrons. The number of amides is 2. The first-order valence-electron chi connectivity index (χ1n) is 23.7. The standard InChI is InChI=1S/C25H25F22NO6.C9H15NO6.C8H7F11O.CH2Cl2/c1-15(2,3)54-14(51)48-11(13(50)53-7-5-17(28,29)10-19(32,33)21(36,37)23(40,41)25(45,46)47)8-12(49)52-6-4-16(26,27)9-18(30,31)20(34,35)22(38,39)24(42,43)44;1-9(2,3)16-8(15)10-5(7(13)14)4-6(11)12;9-4(10,1-2-20)3-5(11,12)6(13,14)7(15,16)8(17,18)19;2-1-3/h11H,4-10H2,1-3H3,(H,48,51);5H,4H2,1-3H3,(H,10,15)(H,11,12)(H,13,14);20H,1-3H2;1H2. The first kappa shape index (κ1) is 94.0. The van der Waals surface area contributed by atoms with Crippen LogP contribution in [0, 0.1) is 0 Å². The number of carbonyl (C=O) groups is 6. The molecule has 0 saturated carbocycles. The topological polar surface area (TPSA) is 224 Å². The number of rotatable bonds is 28. The summed E-state index contributed by atoms with van der Waals surface area (Å²) in [6.07, 6.45) is -43.9. The Morgan fingerprint density at radius 3 is 0.892 bits per heavy atom. The van der Waals surface area contributed by atoms with Crippen LogP contribution in [-0.4, -0.2) is 189 Å². The molecule has 2 atom stereocenters. The second kappa shape index (κ2) is 33.1. The molecule has 15 nitrogen and oxygen atoms in total. The fourth-order valence-electron chi connectivity index (χ4n) is 5.37. The molecule has 2 unspecified atom stereocenters. The van der Waals surface area contributed by atoms with E-state index in [0.29, 0.717) is 0 Å². The number of carbonyl (C=O) groups excluding carboxylic acids is 4. The molecule has 0 aliphatic heterocycles. The third kappa shape index (κ3) is 29.3. The van der Waals surface area contributed by atoms with Crippen molar-refractivity contribution in [1.29, 1.82) is 0 Å². The summed E-state index contributed by atoms with van der Waals surface area (Å²) >= 11 is 9.53. The maximum atomic E-state index is 14.0. The zero-order chi connectivity index (χ0) is 75.8. The molecule has 0 bridgehead atoms. The van der Waals surface area contributed by atoms with E-state index in [0.717, 1.165) is 0 Å². The Morgan fingerprint density at radius 2 is 0.656 bits per heavy atom. The van der Waals surface area contributed by atoms with Crippen molar-refractivity contribution < 1.29 is 208 Å². The summed E-state index contributed by atoms with van der Waals surface area (Å²) in [7, 11) is 0. The molecule has 0 aromatic heterocycles. The minimum atomic E-state index is -7.54. The molecule has 0 fully saturated rings. The Morgan fingerprint density at radius 1 is 0.398 bits per heavy atom. The molecule has 0 aliphatic rings. The van der Waals surface area contributed by atoms with E-state index in [4.69, 9.17) is 43.3 Å². The Labute approximate surface area is 508 Å². The minimum absolute atomic E-state index is 0.194. The average Bonchev–Trinajstić information content (AvgIpc) is 0.758. The van der Waals surface area contributed by atoms with Crippen LogP contribution in [0.5, 0.6) is 0 Å². The van der Waals surface area contributed by atoms with E-state index >= 15 is 0 Å². The quantitative estimate of drug-likeness (QED) is 0.0213. The summed E-state index contributed by atoms with van der Waals surface area (Å²) in [5, 5.41) is 28.8. The Kier molecular flexibility index (Phi) is 33.4. The molecule has 0 saturated heterocycles. The number of esters is 2. The van der Waals surface area contributed by atoms with Crippen molar-refractivity contribution in [2.45, 2.75) is 206 Å². The first-order valence-corrected chi connectivity index (χ1v) is 24.7. The van der Waals surface area contributed by atoms with Crippen molar-refractivity contribution in [2.24, 2.45) is 0 Å². The van der Waals surface area contributed by atoms with E-state index in [1.165, 1.54) is 26.1 Å². The van der Waals surface area contributed by atoms with Crippen LogP contribution >= 0.6 is 23.2 Å². The Balaban J connectivity index is -0.000000817. The normalized spacial score (nSPS) is 14.7. The van der Waals surface area contributed by atoms with E-state index in [9.17, 15) is 174 Å². The zero-order valence-electron chi connectivity index (χ0n) is 46.8. The average molecular weight is 1500 g/mol. The summed E-state index contributed by atoms with van der Waals surface area (Å²) in [6, 6.07) is -4.06. The van der Waals surface area contributed by atoms with Gasteiger partial charge in [0.25, 0.3) is 17.8 Å². The van der Waals surface area contributed by atoms with Crippen LogP contribution in [-0.2, 0) is 38.1 Å². The molecule has 554 valence electrons. The number of nitrogens with one attached hydrogen (secondary N) is 2.